The molecule has 0 aromatic heterocycles. The van der Waals surface area contributed by atoms with Gasteiger partial charge in [-0.3, -0.25) is 38.4 Å². The molecule has 0 heterocycles. The maximum Gasteiger partial charge on any atom is 0.326 e. The van der Waals surface area contributed by atoms with Crippen molar-refractivity contribution in [1.82, 2.24) is 21.3 Å². The molecule has 5 amide bonds. The maximum absolute atomic E-state index is 12.9. The van der Waals surface area contributed by atoms with Crippen LogP contribution in [0.1, 0.15) is 45.4 Å². The van der Waals surface area contributed by atoms with Gasteiger partial charge in [-0.2, -0.15) is 0 Å². The lowest BCUT2D eigenvalue weighted by Crippen LogP contribution is -2.59. The van der Waals surface area contributed by atoms with E-state index in [0.29, 0.717) is 0 Å². The van der Waals surface area contributed by atoms with E-state index in [9.17, 15) is 58.5 Å². The minimum atomic E-state index is -2.01. The molecule has 42 heavy (non-hydrogen) atoms. The number of amides is 5. The summed E-state index contributed by atoms with van der Waals surface area (Å²) in [5.41, 5.74) is 10.4. The number of aliphatic hydroxyl groups is 1. The smallest absolute Gasteiger partial charge is 0.326 e. The Morgan fingerprint density at radius 2 is 0.976 bits per heavy atom. The summed E-state index contributed by atoms with van der Waals surface area (Å²) in [7, 11) is 0. The van der Waals surface area contributed by atoms with Gasteiger partial charge in [0.25, 0.3) is 0 Å². The van der Waals surface area contributed by atoms with Crippen molar-refractivity contribution in [1.29, 1.82) is 0 Å². The predicted octanol–water partition coefficient (Wildman–Crippen LogP) is -5.20. The van der Waals surface area contributed by atoms with Gasteiger partial charge in [0.05, 0.1) is 18.9 Å². The summed E-state index contributed by atoms with van der Waals surface area (Å²) < 4.78 is 0. The molecule has 236 valence electrons. The molecule has 0 aliphatic heterocycles. The topological polar surface area (TPSA) is 355 Å². The minimum Gasteiger partial charge on any atom is -0.481 e. The number of primary amides is 1. The van der Waals surface area contributed by atoms with Gasteiger partial charge in [0.15, 0.2) is 0 Å². The number of aliphatic hydroxyl groups excluding tert-OH is 1. The fourth-order valence-electron chi connectivity index (χ4n) is 3.15. The first-order chi connectivity index (χ1) is 19.3. The van der Waals surface area contributed by atoms with Gasteiger partial charge in [-0.25, -0.2) is 4.79 Å². The molecule has 0 saturated carbocycles. The molecular weight excluding hydrogens is 572 g/mol. The minimum absolute atomic E-state index is 0.471. The number of nitrogens with two attached hydrogens (primary N) is 2. The average Bonchev–Trinajstić information content (AvgIpc) is 2.85. The van der Waals surface area contributed by atoms with E-state index in [4.69, 9.17) is 21.7 Å². The molecular formula is C22H34N6O14. The number of carbonyl (C=O) groups is 9. The summed E-state index contributed by atoms with van der Waals surface area (Å²) in [6, 6.07) is -8.97. The quantitative estimate of drug-likeness (QED) is 0.0616. The van der Waals surface area contributed by atoms with Crippen molar-refractivity contribution in [2.24, 2.45) is 11.5 Å². The molecule has 20 heteroatoms. The van der Waals surface area contributed by atoms with Crippen molar-refractivity contribution in [3.63, 3.8) is 0 Å². The Morgan fingerprint density at radius 1 is 0.595 bits per heavy atom. The number of carboxylic acids is 4. The van der Waals surface area contributed by atoms with E-state index < -0.39 is 128 Å². The fraction of sp³-hybridized carbons (Fsp3) is 0.591. The van der Waals surface area contributed by atoms with E-state index in [0.717, 1.165) is 6.92 Å². The molecule has 0 aromatic carbocycles. The van der Waals surface area contributed by atoms with E-state index in [-0.39, 0.29) is 0 Å². The zero-order valence-electron chi connectivity index (χ0n) is 22.3. The Kier molecular flexibility index (Phi) is 15.7. The van der Waals surface area contributed by atoms with Crippen LogP contribution in [-0.2, 0) is 43.2 Å². The molecule has 13 N–H and O–H groups in total. The summed E-state index contributed by atoms with van der Waals surface area (Å²) in [6.45, 7) is 1.16. The van der Waals surface area contributed by atoms with Crippen LogP contribution in [-0.4, -0.2) is 115 Å². The molecule has 0 fully saturated rings. The van der Waals surface area contributed by atoms with Crippen molar-refractivity contribution < 1.29 is 68.7 Å². The van der Waals surface area contributed by atoms with E-state index in [1.54, 1.807) is 0 Å². The predicted molar refractivity (Wildman–Crippen MR) is 135 cm³/mol. The Balaban J connectivity index is 5.95. The van der Waals surface area contributed by atoms with E-state index in [2.05, 4.69) is 5.32 Å². The van der Waals surface area contributed by atoms with Crippen molar-refractivity contribution in [2.75, 3.05) is 0 Å². The second kappa shape index (κ2) is 17.8. The third-order valence-electron chi connectivity index (χ3n) is 5.42. The summed E-state index contributed by atoms with van der Waals surface area (Å²) in [5, 5.41) is 53.9. The van der Waals surface area contributed by atoms with Crippen LogP contribution in [0, 0.1) is 0 Å². The summed E-state index contributed by atoms with van der Waals surface area (Å²) >= 11 is 0. The van der Waals surface area contributed by atoms with Crippen LogP contribution in [0.15, 0.2) is 0 Å². The zero-order valence-corrected chi connectivity index (χ0v) is 22.3. The second-order valence-corrected chi connectivity index (χ2v) is 8.98. The van der Waals surface area contributed by atoms with E-state index in [1.165, 1.54) is 0 Å². The first-order valence-electron chi connectivity index (χ1n) is 12.2. The van der Waals surface area contributed by atoms with Gasteiger partial charge in [0, 0.05) is 12.8 Å². The second-order valence-electron chi connectivity index (χ2n) is 8.98. The van der Waals surface area contributed by atoms with Crippen LogP contribution < -0.4 is 32.7 Å². The largest absolute Gasteiger partial charge is 0.481 e. The molecule has 0 unspecified atom stereocenters. The van der Waals surface area contributed by atoms with Gasteiger partial charge in [0.1, 0.15) is 30.2 Å². The highest BCUT2D eigenvalue weighted by molar-refractivity contribution is 5.97. The van der Waals surface area contributed by atoms with Crippen LogP contribution in [0.2, 0.25) is 0 Å². The molecule has 20 nitrogen and oxygen atoms in total. The van der Waals surface area contributed by atoms with Crippen molar-refractivity contribution in [2.45, 2.75) is 81.8 Å². The zero-order chi connectivity index (χ0) is 32.7. The van der Waals surface area contributed by atoms with Crippen LogP contribution in [0.3, 0.4) is 0 Å². The van der Waals surface area contributed by atoms with Crippen LogP contribution in [0.25, 0.3) is 0 Å². The lowest BCUT2D eigenvalue weighted by molar-refractivity contribution is -0.145. The molecule has 6 atom stereocenters. The summed E-state index contributed by atoms with van der Waals surface area (Å²) in [4.78, 5) is 107. The highest BCUT2D eigenvalue weighted by Crippen LogP contribution is 2.05. The molecule has 0 saturated heterocycles. The number of hydrogen-bond acceptors (Lipinski definition) is 11. The average molecular weight is 607 g/mol. The Hall–Kier alpha value is -4.85. The normalized spacial score (nSPS) is 14.9. The summed E-state index contributed by atoms with van der Waals surface area (Å²) in [6.07, 6.45) is -5.84. The molecule has 0 aromatic rings. The van der Waals surface area contributed by atoms with Gasteiger partial charge < -0.3 is 58.3 Å². The SMILES string of the molecule is C[C@@H](O)[C@H](N)C(=O)N[C@@H](CCC(=O)O)C(=O)N[C@@H](CC(=O)O)C(=O)N[C@@H](CC(=O)O)C(=O)N[C@@H](CCC(N)=O)C(=O)O. The van der Waals surface area contributed by atoms with Crippen molar-refractivity contribution in [3.05, 3.63) is 0 Å². The standard InChI is InChI=1S/C22H34N6O14/c1-8(29)17(24)21(40)25-9(3-5-14(31)32)18(37)27-12(7-16(35)36)20(39)28-11(6-15(33)34)19(38)26-10(22(41)42)2-4-13(23)30/h8-12,17,29H,2-7,24H2,1H3,(H2,23,30)(H,25,40)(H,26,38)(H,27,37)(H,28,39)(H,31,32)(H,33,34)(H,35,36)(H,41,42)/t8-,9+,10+,11+,12+,17+/m1/s1. The number of carboxylic acid groups (broad SMARTS) is 4. The molecule has 0 aliphatic carbocycles. The lowest BCUT2D eigenvalue weighted by Gasteiger charge is -2.25. The Morgan fingerprint density at radius 3 is 1.33 bits per heavy atom. The fourth-order valence-corrected chi connectivity index (χ4v) is 3.15. The first kappa shape index (κ1) is 37.1. The number of nitrogens with one attached hydrogen (secondary N) is 4. The molecule has 0 radical (unpaired) electrons. The number of rotatable bonds is 20. The number of carbonyl (C=O) groups excluding carboxylic acids is 5. The van der Waals surface area contributed by atoms with Crippen LogP contribution in [0.5, 0.6) is 0 Å². The molecule has 0 spiro atoms. The van der Waals surface area contributed by atoms with Gasteiger partial charge in [-0.1, -0.05) is 0 Å². The monoisotopic (exact) mass is 606 g/mol. The third-order valence-corrected chi connectivity index (χ3v) is 5.42. The molecule has 0 aliphatic rings. The van der Waals surface area contributed by atoms with Crippen LogP contribution in [0.4, 0.5) is 0 Å². The Labute approximate surface area is 237 Å². The van der Waals surface area contributed by atoms with E-state index in [1.807, 2.05) is 16.0 Å². The molecule has 0 rings (SSSR count). The maximum atomic E-state index is 12.9. The Bertz CT molecular complexity index is 1060. The first-order valence-corrected chi connectivity index (χ1v) is 12.2. The van der Waals surface area contributed by atoms with Gasteiger partial charge in [-0.05, 0) is 19.8 Å². The van der Waals surface area contributed by atoms with Gasteiger partial charge in [-0.15, -0.1) is 0 Å². The van der Waals surface area contributed by atoms with Crippen molar-refractivity contribution in [3.8, 4) is 0 Å². The third kappa shape index (κ3) is 14.5. The number of hydrogen-bond donors (Lipinski definition) is 11. The number of aliphatic carboxylic acids is 4. The van der Waals surface area contributed by atoms with Crippen molar-refractivity contribution >= 4 is 53.4 Å². The summed E-state index contributed by atoms with van der Waals surface area (Å²) in [5.74, 6) is -12.3. The lowest BCUT2D eigenvalue weighted by atomic mass is 10.1. The highest BCUT2D eigenvalue weighted by Gasteiger charge is 2.34. The highest BCUT2D eigenvalue weighted by atomic mass is 16.4. The van der Waals surface area contributed by atoms with Gasteiger partial charge in [0.2, 0.25) is 29.5 Å². The van der Waals surface area contributed by atoms with Crippen LogP contribution >= 0.6 is 0 Å². The molecule has 0 bridgehead atoms. The van der Waals surface area contributed by atoms with Gasteiger partial charge >= 0.3 is 23.9 Å². The van der Waals surface area contributed by atoms with E-state index >= 15 is 0 Å².